The van der Waals surface area contributed by atoms with Crippen molar-refractivity contribution in [2.75, 3.05) is 26.3 Å². The molecule has 0 atom stereocenters. The lowest BCUT2D eigenvalue weighted by Gasteiger charge is -2.13. The van der Waals surface area contributed by atoms with Gasteiger partial charge in [-0.1, -0.05) is 0 Å². The minimum atomic E-state index is -0.747. The van der Waals surface area contributed by atoms with Gasteiger partial charge in [-0.15, -0.1) is 0 Å². The SMILES string of the molecule is CCOC(=O)c1c(C)[nH]c(C(=O)OCC(=O)c2c[nH]c(C(=O)N3CCCC3)c2)c1C. The summed E-state index contributed by atoms with van der Waals surface area (Å²) in [6, 6.07) is 1.47. The van der Waals surface area contributed by atoms with Crippen LogP contribution in [0.4, 0.5) is 0 Å². The zero-order valence-corrected chi connectivity index (χ0v) is 17.3. The Labute approximate surface area is 173 Å². The third kappa shape index (κ3) is 4.29. The summed E-state index contributed by atoms with van der Waals surface area (Å²) in [5, 5.41) is 0. The number of aryl methyl sites for hydroxylation is 1. The van der Waals surface area contributed by atoms with Gasteiger partial charge in [0.2, 0.25) is 5.78 Å². The van der Waals surface area contributed by atoms with E-state index in [4.69, 9.17) is 9.47 Å². The number of amides is 1. The molecule has 0 radical (unpaired) electrons. The third-order valence-corrected chi connectivity index (χ3v) is 5.08. The van der Waals surface area contributed by atoms with Gasteiger partial charge in [-0.05, 0) is 45.2 Å². The second-order valence-corrected chi connectivity index (χ2v) is 7.15. The number of carbonyl (C=O) groups excluding carboxylic acids is 4. The molecule has 0 saturated carbocycles. The molecular formula is C21H25N3O6. The van der Waals surface area contributed by atoms with Crippen LogP contribution in [0.3, 0.4) is 0 Å². The van der Waals surface area contributed by atoms with Crippen LogP contribution in [0.5, 0.6) is 0 Å². The van der Waals surface area contributed by atoms with Crippen LogP contribution in [0, 0.1) is 13.8 Å². The lowest BCUT2D eigenvalue weighted by atomic mass is 10.1. The first-order chi connectivity index (χ1) is 14.3. The summed E-state index contributed by atoms with van der Waals surface area (Å²) in [5.41, 5.74) is 1.87. The summed E-state index contributed by atoms with van der Waals surface area (Å²) in [5.74, 6) is -1.86. The van der Waals surface area contributed by atoms with Crippen molar-refractivity contribution in [3.05, 3.63) is 46.0 Å². The maximum atomic E-state index is 12.4. The predicted molar refractivity (Wildman–Crippen MR) is 107 cm³/mol. The summed E-state index contributed by atoms with van der Waals surface area (Å²) >= 11 is 0. The Kier molecular flexibility index (Phi) is 6.39. The van der Waals surface area contributed by atoms with E-state index in [1.54, 1.807) is 25.7 Å². The van der Waals surface area contributed by atoms with Crippen molar-refractivity contribution < 1.29 is 28.7 Å². The fourth-order valence-electron chi connectivity index (χ4n) is 3.52. The molecule has 3 rings (SSSR count). The highest BCUT2D eigenvalue weighted by atomic mass is 16.5. The molecule has 1 saturated heterocycles. The first-order valence-electron chi connectivity index (χ1n) is 9.87. The Morgan fingerprint density at radius 3 is 2.43 bits per heavy atom. The van der Waals surface area contributed by atoms with Gasteiger partial charge in [-0.3, -0.25) is 9.59 Å². The molecule has 2 aromatic heterocycles. The number of ketones is 1. The summed E-state index contributed by atoms with van der Waals surface area (Å²) in [4.78, 5) is 56.6. The number of rotatable bonds is 7. The largest absolute Gasteiger partial charge is 0.462 e. The average Bonchev–Trinajstić information content (AvgIpc) is 3.46. The van der Waals surface area contributed by atoms with E-state index in [1.165, 1.54) is 12.3 Å². The number of carbonyl (C=O) groups is 4. The number of nitrogens with one attached hydrogen (secondary N) is 2. The van der Waals surface area contributed by atoms with Crippen LogP contribution in [0.2, 0.25) is 0 Å². The number of nitrogens with zero attached hydrogens (tertiary/aromatic N) is 1. The van der Waals surface area contributed by atoms with Gasteiger partial charge in [0, 0.05) is 30.5 Å². The van der Waals surface area contributed by atoms with E-state index in [2.05, 4.69) is 9.97 Å². The van der Waals surface area contributed by atoms with Gasteiger partial charge in [0.05, 0.1) is 12.2 Å². The molecule has 160 valence electrons. The second-order valence-electron chi connectivity index (χ2n) is 7.15. The molecule has 0 unspecified atom stereocenters. The maximum absolute atomic E-state index is 12.4. The van der Waals surface area contributed by atoms with Crippen LogP contribution in [0.1, 0.15) is 72.7 Å². The summed E-state index contributed by atoms with van der Waals surface area (Å²) in [6.45, 7) is 6.11. The van der Waals surface area contributed by atoms with Gasteiger partial charge >= 0.3 is 11.9 Å². The van der Waals surface area contributed by atoms with Crippen LogP contribution in [-0.2, 0) is 9.47 Å². The van der Waals surface area contributed by atoms with Crippen molar-refractivity contribution in [1.82, 2.24) is 14.9 Å². The fourth-order valence-corrected chi connectivity index (χ4v) is 3.52. The van der Waals surface area contributed by atoms with Gasteiger partial charge in [0.1, 0.15) is 11.4 Å². The molecule has 0 bridgehead atoms. The van der Waals surface area contributed by atoms with Crippen molar-refractivity contribution in [1.29, 1.82) is 0 Å². The van der Waals surface area contributed by atoms with Crippen LogP contribution >= 0.6 is 0 Å². The number of aromatic nitrogens is 2. The predicted octanol–water partition coefficient (Wildman–Crippen LogP) is 2.41. The molecule has 1 aliphatic heterocycles. The average molecular weight is 415 g/mol. The number of esters is 2. The first kappa shape index (κ1) is 21.4. The van der Waals surface area contributed by atoms with E-state index in [9.17, 15) is 19.2 Å². The molecule has 9 nitrogen and oxygen atoms in total. The smallest absolute Gasteiger partial charge is 0.355 e. The lowest BCUT2D eigenvalue weighted by Crippen LogP contribution is -2.27. The van der Waals surface area contributed by atoms with Gasteiger partial charge in [-0.2, -0.15) is 0 Å². The topological polar surface area (TPSA) is 122 Å². The number of Topliss-reactive ketones (excluding diaryl/α,β-unsaturated/α-hetero) is 1. The minimum absolute atomic E-state index is 0.0994. The molecule has 0 aromatic carbocycles. The van der Waals surface area contributed by atoms with Crippen LogP contribution < -0.4 is 0 Å². The lowest BCUT2D eigenvalue weighted by molar-refractivity contribution is 0.0468. The number of hydrogen-bond acceptors (Lipinski definition) is 6. The van der Waals surface area contributed by atoms with E-state index < -0.39 is 24.3 Å². The van der Waals surface area contributed by atoms with Gasteiger partial charge < -0.3 is 24.3 Å². The fraction of sp³-hybridized carbons (Fsp3) is 0.429. The molecular weight excluding hydrogens is 390 g/mol. The second kappa shape index (κ2) is 8.98. The van der Waals surface area contributed by atoms with Crippen molar-refractivity contribution in [2.45, 2.75) is 33.6 Å². The number of likely N-dealkylation sites (tertiary alicyclic amines) is 1. The van der Waals surface area contributed by atoms with Crippen LogP contribution in [-0.4, -0.2) is 64.8 Å². The molecule has 2 N–H and O–H groups in total. The molecule has 2 aromatic rings. The third-order valence-electron chi connectivity index (χ3n) is 5.08. The molecule has 30 heavy (non-hydrogen) atoms. The van der Waals surface area contributed by atoms with E-state index in [-0.39, 0.29) is 29.3 Å². The number of ether oxygens (including phenoxy) is 2. The highest BCUT2D eigenvalue weighted by Crippen LogP contribution is 2.20. The summed E-state index contributed by atoms with van der Waals surface area (Å²) < 4.78 is 10.1. The van der Waals surface area contributed by atoms with Crippen molar-refractivity contribution in [3.63, 3.8) is 0 Å². The highest BCUT2D eigenvalue weighted by Gasteiger charge is 2.25. The van der Waals surface area contributed by atoms with E-state index in [1.807, 2.05) is 0 Å². The monoisotopic (exact) mass is 415 g/mol. The van der Waals surface area contributed by atoms with Gasteiger partial charge in [0.15, 0.2) is 6.61 Å². The van der Waals surface area contributed by atoms with Crippen LogP contribution in [0.25, 0.3) is 0 Å². The molecule has 1 fully saturated rings. The van der Waals surface area contributed by atoms with E-state index in [0.717, 1.165) is 12.8 Å². The van der Waals surface area contributed by atoms with Crippen molar-refractivity contribution in [2.24, 2.45) is 0 Å². The van der Waals surface area contributed by atoms with Crippen molar-refractivity contribution >= 4 is 23.6 Å². The maximum Gasteiger partial charge on any atom is 0.355 e. The van der Waals surface area contributed by atoms with Gasteiger partial charge in [0.25, 0.3) is 5.91 Å². The van der Waals surface area contributed by atoms with Crippen molar-refractivity contribution in [3.8, 4) is 0 Å². The highest BCUT2D eigenvalue weighted by molar-refractivity contribution is 6.03. The zero-order chi connectivity index (χ0) is 21.8. The number of hydrogen-bond donors (Lipinski definition) is 2. The Bertz CT molecular complexity index is 981. The Hall–Kier alpha value is -3.36. The standard InChI is InChI=1S/C21H25N3O6/c1-4-29-20(27)17-12(2)18(23-13(17)3)21(28)30-11-16(25)14-9-15(22-10-14)19(26)24-7-5-6-8-24/h9-10,22-23H,4-8,11H2,1-3H3. The minimum Gasteiger partial charge on any atom is -0.462 e. The number of H-pyrrole nitrogens is 2. The summed E-state index contributed by atoms with van der Waals surface area (Å²) in [6.07, 6.45) is 3.38. The quantitative estimate of drug-likeness (QED) is 0.529. The molecule has 9 heteroatoms. The molecule has 0 spiro atoms. The molecule has 1 aliphatic rings. The Morgan fingerprint density at radius 2 is 1.77 bits per heavy atom. The Morgan fingerprint density at radius 1 is 1.07 bits per heavy atom. The van der Waals surface area contributed by atoms with Gasteiger partial charge in [-0.25, -0.2) is 9.59 Å². The summed E-state index contributed by atoms with van der Waals surface area (Å²) in [7, 11) is 0. The Balaban J connectivity index is 1.63. The van der Waals surface area contributed by atoms with Crippen LogP contribution in [0.15, 0.2) is 12.3 Å². The first-order valence-corrected chi connectivity index (χ1v) is 9.87. The normalized spacial score (nSPS) is 13.4. The molecule has 3 heterocycles. The number of aromatic amines is 2. The zero-order valence-electron chi connectivity index (χ0n) is 17.3. The van der Waals surface area contributed by atoms with E-state index in [0.29, 0.717) is 30.0 Å². The molecule has 0 aliphatic carbocycles. The van der Waals surface area contributed by atoms with E-state index >= 15 is 0 Å². The molecule has 1 amide bonds.